The van der Waals surface area contributed by atoms with E-state index < -0.39 is 0 Å². The van der Waals surface area contributed by atoms with Crippen LogP contribution in [0.3, 0.4) is 0 Å². The van der Waals surface area contributed by atoms with Gasteiger partial charge in [0.1, 0.15) is 5.76 Å². The number of nitrogens with one attached hydrogen (secondary N) is 1. The normalized spacial score (nSPS) is 24.3. The number of azide groups is 1. The lowest BCUT2D eigenvalue weighted by Crippen LogP contribution is -2.13. The molecular formula is C9H13ClN4O. The lowest BCUT2D eigenvalue weighted by Gasteiger charge is -2.13. The number of nitrogens with zero attached hydrogens (tertiary/aromatic N) is 3. The summed E-state index contributed by atoms with van der Waals surface area (Å²) in [6.07, 6.45) is 1.68. The molecule has 1 fully saturated rings. The van der Waals surface area contributed by atoms with E-state index in [9.17, 15) is 0 Å². The molecule has 2 unspecified atom stereocenters. The van der Waals surface area contributed by atoms with E-state index in [1.165, 1.54) is 0 Å². The molecular weight excluding hydrogens is 216 g/mol. The van der Waals surface area contributed by atoms with Gasteiger partial charge in [-0.05, 0) is 30.1 Å². The first-order chi connectivity index (χ1) is 6.92. The van der Waals surface area contributed by atoms with Crippen molar-refractivity contribution in [3.8, 4) is 0 Å². The highest BCUT2D eigenvalue weighted by Gasteiger charge is 2.29. The molecule has 5 nitrogen and oxygen atoms in total. The Kier molecular flexibility index (Phi) is 4.49. The Morgan fingerprint density at radius 2 is 2.47 bits per heavy atom. The molecule has 1 aromatic rings. The second kappa shape index (κ2) is 5.66. The van der Waals surface area contributed by atoms with Crippen LogP contribution in [0.25, 0.3) is 10.4 Å². The molecule has 0 aliphatic carbocycles. The average molecular weight is 229 g/mol. The van der Waals surface area contributed by atoms with Gasteiger partial charge in [0, 0.05) is 23.9 Å². The van der Waals surface area contributed by atoms with Gasteiger partial charge in [-0.1, -0.05) is 5.11 Å². The van der Waals surface area contributed by atoms with Crippen molar-refractivity contribution in [3.05, 3.63) is 34.6 Å². The molecule has 1 aromatic heterocycles. The van der Waals surface area contributed by atoms with Gasteiger partial charge in [-0.25, -0.2) is 0 Å². The van der Waals surface area contributed by atoms with Crippen LogP contribution in [0.15, 0.2) is 27.9 Å². The van der Waals surface area contributed by atoms with Crippen molar-refractivity contribution in [1.29, 1.82) is 0 Å². The topological polar surface area (TPSA) is 73.9 Å². The molecule has 1 N–H and O–H groups in total. The third-order valence-electron chi connectivity index (χ3n) is 2.63. The van der Waals surface area contributed by atoms with Gasteiger partial charge in [-0.3, -0.25) is 0 Å². The number of halogens is 1. The fraction of sp³-hybridized carbons (Fsp3) is 0.556. The molecule has 2 rings (SSSR count). The Morgan fingerprint density at radius 1 is 1.60 bits per heavy atom. The van der Waals surface area contributed by atoms with Gasteiger partial charge in [0.25, 0.3) is 0 Å². The van der Waals surface area contributed by atoms with E-state index in [1.54, 1.807) is 6.26 Å². The summed E-state index contributed by atoms with van der Waals surface area (Å²) in [7, 11) is 0. The molecule has 1 aliphatic rings. The van der Waals surface area contributed by atoms with E-state index >= 15 is 0 Å². The monoisotopic (exact) mass is 228 g/mol. The van der Waals surface area contributed by atoms with Crippen LogP contribution >= 0.6 is 12.4 Å². The molecule has 1 saturated heterocycles. The van der Waals surface area contributed by atoms with Crippen molar-refractivity contribution >= 4 is 12.4 Å². The predicted molar refractivity (Wildman–Crippen MR) is 59.1 cm³/mol. The molecule has 0 bridgehead atoms. The van der Waals surface area contributed by atoms with E-state index in [-0.39, 0.29) is 12.4 Å². The Labute approximate surface area is 93.9 Å². The SMILES string of the molecule is Cl.[N-]=[N+]=NCC1CNCC1c1ccco1. The summed E-state index contributed by atoms with van der Waals surface area (Å²) >= 11 is 0. The maximum absolute atomic E-state index is 8.26. The van der Waals surface area contributed by atoms with E-state index in [4.69, 9.17) is 9.95 Å². The lowest BCUT2D eigenvalue weighted by atomic mass is 9.94. The minimum Gasteiger partial charge on any atom is -0.469 e. The summed E-state index contributed by atoms with van der Waals surface area (Å²) in [6.45, 7) is 2.33. The van der Waals surface area contributed by atoms with Gasteiger partial charge in [0.15, 0.2) is 0 Å². The van der Waals surface area contributed by atoms with Gasteiger partial charge >= 0.3 is 0 Å². The van der Waals surface area contributed by atoms with E-state index in [0.717, 1.165) is 18.8 Å². The Bertz CT molecular complexity index is 334. The molecule has 0 radical (unpaired) electrons. The van der Waals surface area contributed by atoms with Crippen molar-refractivity contribution in [3.63, 3.8) is 0 Å². The van der Waals surface area contributed by atoms with Crippen LogP contribution in [0.4, 0.5) is 0 Å². The standard InChI is InChI=1S/C9H12N4O.ClH/c10-13-12-5-7-4-11-6-8(7)9-2-1-3-14-9;/h1-3,7-8,11H,4-6H2;1H. The maximum atomic E-state index is 8.26. The van der Waals surface area contributed by atoms with Crippen LogP contribution in [0, 0.1) is 5.92 Å². The molecule has 2 heterocycles. The van der Waals surface area contributed by atoms with Crippen LogP contribution in [0.2, 0.25) is 0 Å². The molecule has 1 aliphatic heterocycles. The van der Waals surface area contributed by atoms with Crippen LogP contribution in [0.1, 0.15) is 11.7 Å². The number of furan rings is 1. The fourth-order valence-corrected chi connectivity index (χ4v) is 1.90. The lowest BCUT2D eigenvalue weighted by molar-refractivity contribution is 0.419. The summed E-state index contributed by atoms with van der Waals surface area (Å²) < 4.78 is 5.35. The van der Waals surface area contributed by atoms with Crippen molar-refractivity contribution in [1.82, 2.24) is 5.32 Å². The van der Waals surface area contributed by atoms with Crippen molar-refractivity contribution < 1.29 is 4.42 Å². The van der Waals surface area contributed by atoms with Crippen LogP contribution in [0.5, 0.6) is 0 Å². The van der Waals surface area contributed by atoms with E-state index in [0.29, 0.717) is 18.4 Å². The Hall–Kier alpha value is -1.16. The van der Waals surface area contributed by atoms with Gasteiger partial charge in [-0.2, -0.15) is 0 Å². The highest BCUT2D eigenvalue weighted by Crippen LogP contribution is 2.28. The zero-order valence-corrected chi connectivity index (χ0v) is 8.98. The minimum absolute atomic E-state index is 0. The number of rotatable bonds is 3. The summed E-state index contributed by atoms with van der Waals surface area (Å²) in [4.78, 5) is 2.78. The van der Waals surface area contributed by atoms with Crippen LogP contribution in [-0.4, -0.2) is 19.6 Å². The summed E-state index contributed by atoms with van der Waals surface area (Å²) in [6, 6.07) is 3.86. The first-order valence-corrected chi connectivity index (χ1v) is 4.67. The first kappa shape index (κ1) is 11.9. The molecule has 2 atom stereocenters. The smallest absolute Gasteiger partial charge is 0.108 e. The van der Waals surface area contributed by atoms with Gasteiger partial charge < -0.3 is 9.73 Å². The number of hydrogen-bond acceptors (Lipinski definition) is 3. The Morgan fingerprint density at radius 3 is 3.13 bits per heavy atom. The predicted octanol–water partition coefficient (Wildman–Crippen LogP) is 2.31. The quantitative estimate of drug-likeness (QED) is 0.490. The maximum Gasteiger partial charge on any atom is 0.108 e. The molecule has 0 spiro atoms. The molecule has 15 heavy (non-hydrogen) atoms. The zero-order valence-electron chi connectivity index (χ0n) is 8.17. The minimum atomic E-state index is 0. The van der Waals surface area contributed by atoms with E-state index in [2.05, 4.69) is 15.3 Å². The fourth-order valence-electron chi connectivity index (χ4n) is 1.90. The van der Waals surface area contributed by atoms with Gasteiger partial charge in [-0.15, -0.1) is 12.4 Å². The third-order valence-corrected chi connectivity index (χ3v) is 2.63. The van der Waals surface area contributed by atoms with Crippen molar-refractivity contribution in [2.45, 2.75) is 5.92 Å². The van der Waals surface area contributed by atoms with Crippen LogP contribution in [-0.2, 0) is 0 Å². The third kappa shape index (κ3) is 2.65. The first-order valence-electron chi connectivity index (χ1n) is 4.67. The zero-order chi connectivity index (χ0) is 9.80. The highest BCUT2D eigenvalue weighted by molar-refractivity contribution is 5.85. The largest absolute Gasteiger partial charge is 0.469 e. The highest BCUT2D eigenvalue weighted by atomic mass is 35.5. The van der Waals surface area contributed by atoms with Gasteiger partial charge in [0.2, 0.25) is 0 Å². The summed E-state index contributed by atoms with van der Waals surface area (Å²) in [5, 5.41) is 6.89. The van der Waals surface area contributed by atoms with Crippen molar-refractivity contribution in [2.24, 2.45) is 11.0 Å². The second-order valence-corrected chi connectivity index (χ2v) is 3.45. The van der Waals surface area contributed by atoms with E-state index in [1.807, 2.05) is 12.1 Å². The van der Waals surface area contributed by atoms with Crippen LogP contribution < -0.4 is 5.32 Å². The molecule has 0 saturated carbocycles. The molecule has 6 heteroatoms. The summed E-state index contributed by atoms with van der Waals surface area (Å²) in [5.41, 5.74) is 8.26. The molecule has 82 valence electrons. The second-order valence-electron chi connectivity index (χ2n) is 3.45. The average Bonchev–Trinajstić information content (AvgIpc) is 2.84. The molecule has 0 aromatic carbocycles. The number of hydrogen-bond donors (Lipinski definition) is 1. The molecule has 0 amide bonds. The summed E-state index contributed by atoms with van der Waals surface area (Å²) in [5.74, 6) is 1.68. The Balaban J connectivity index is 0.00000112. The van der Waals surface area contributed by atoms with Gasteiger partial charge in [0.05, 0.1) is 6.26 Å². The van der Waals surface area contributed by atoms with Crippen molar-refractivity contribution in [2.75, 3.05) is 19.6 Å².